The first-order valence-electron chi connectivity index (χ1n) is 7.97. The largest absolute Gasteiger partial charge is 0.493 e. The predicted octanol–water partition coefficient (Wildman–Crippen LogP) is 2.14. The molecule has 0 aliphatic heterocycles. The second kappa shape index (κ2) is 9.32. The summed E-state index contributed by atoms with van der Waals surface area (Å²) in [6.45, 7) is 0.670. The standard InChI is InChI=1S/C19H22N2O4/c1-20-19(23)15-9-7-14(8-10-15)13-21-18(22)11-12-25-17-6-4-3-5-16(17)24-2/h3-10H,11-13H2,1-2H3,(H,20,23)(H,21,22). The fraction of sp³-hybridized carbons (Fsp3) is 0.263. The topological polar surface area (TPSA) is 76.7 Å². The number of hydrogen-bond donors (Lipinski definition) is 2. The molecule has 0 radical (unpaired) electrons. The minimum absolute atomic E-state index is 0.106. The van der Waals surface area contributed by atoms with Gasteiger partial charge >= 0.3 is 0 Å². The minimum Gasteiger partial charge on any atom is -0.493 e. The summed E-state index contributed by atoms with van der Waals surface area (Å²) in [6.07, 6.45) is 0.244. The van der Waals surface area contributed by atoms with Crippen molar-refractivity contribution in [1.82, 2.24) is 10.6 Å². The van der Waals surface area contributed by atoms with E-state index < -0.39 is 0 Å². The van der Waals surface area contributed by atoms with Crippen molar-refractivity contribution in [1.29, 1.82) is 0 Å². The van der Waals surface area contributed by atoms with Crippen molar-refractivity contribution in [2.24, 2.45) is 0 Å². The van der Waals surface area contributed by atoms with Crippen LogP contribution >= 0.6 is 0 Å². The summed E-state index contributed by atoms with van der Waals surface area (Å²) >= 11 is 0. The number of carbonyl (C=O) groups excluding carboxylic acids is 2. The third-order valence-electron chi connectivity index (χ3n) is 3.59. The number of rotatable bonds is 8. The molecule has 2 N–H and O–H groups in total. The van der Waals surface area contributed by atoms with E-state index in [0.717, 1.165) is 5.56 Å². The van der Waals surface area contributed by atoms with Gasteiger partial charge < -0.3 is 20.1 Å². The van der Waals surface area contributed by atoms with E-state index in [9.17, 15) is 9.59 Å². The lowest BCUT2D eigenvalue weighted by Gasteiger charge is -2.10. The summed E-state index contributed by atoms with van der Waals surface area (Å²) in [5.41, 5.74) is 1.51. The number of amides is 2. The van der Waals surface area contributed by atoms with E-state index in [1.54, 1.807) is 38.4 Å². The third-order valence-corrected chi connectivity index (χ3v) is 3.59. The van der Waals surface area contributed by atoms with Crippen LogP contribution in [-0.4, -0.2) is 32.6 Å². The summed E-state index contributed by atoms with van der Waals surface area (Å²) in [6, 6.07) is 14.4. The van der Waals surface area contributed by atoms with Crippen LogP contribution in [0.1, 0.15) is 22.3 Å². The van der Waals surface area contributed by atoms with Crippen molar-refractivity contribution in [2.75, 3.05) is 20.8 Å². The molecule has 0 saturated carbocycles. The van der Waals surface area contributed by atoms with Crippen molar-refractivity contribution in [3.05, 3.63) is 59.7 Å². The smallest absolute Gasteiger partial charge is 0.251 e. The molecule has 25 heavy (non-hydrogen) atoms. The molecule has 2 aromatic carbocycles. The van der Waals surface area contributed by atoms with Crippen LogP contribution in [0.15, 0.2) is 48.5 Å². The number of ether oxygens (including phenoxy) is 2. The zero-order chi connectivity index (χ0) is 18.1. The molecular formula is C19H22N2O4. The van der Waals surface area contributed by atoms with Gasteiger partial charge in [0, 0.05) is 19.2 Å². The molecule has 0 bridgehead atoms. The molecule has 6 heteroatoms. The third kappa shape index (κ3) is 5.53. The average molecular weight is 342 g/mol. The van der Waals surface area contributed by atoms with Crippen LogP contribution in [0.5, 0.6) is 11.5 Å². The molecule has 2 amide bonds. The van der Waals surface area contributed by atoms with E-state index in [0.29, 0.717) is 23.6 Å². The van der Waals surface area contributed by atoms with E-state index >= 15 is 0 Å². The maximum Gasteiger partial charge on any atom is 0.251 e. The lowest BCUT2D eigenvalue weighted by atomic mass is 10.1. The summed E-state index contributed by atoms with van der Waals surface area (Å²) < 4.78 is 10.8. The number of methoxy groups -OCH3 is 1. The van der Waals surface area contributed by atoms with Gasteiger partial charge in [-0.05, 0) is 29.8 Å². The number of benzene rings is 2. The van der Waals surface area contributed by atoms with Crippen molar-refractivity contribution < 1.29 is 19.1 Å². The summed E-state index contributed by atoms with van der Waals surface area (Å²) in [5, 5.41) is 5.39. The summed E-state index contributed by atoms with van der Waals surface area (Å²) in [4.78, 5) is 23.4. The first-order valence-corrected chi connectivity index (χ1v) is 7.97. The summed E-state index contributed by atoms with van der Waals surface area (Å²) in [7, 11) is 3.16. The second-order valence-corrected chi connectivity index (χ2v) is 5.30. The SMILES string of the molecule is CNC(=O)c1ccc(CNC(=O)CCOc2ccccc2OC)cc1. The average Bonchev–Trinajstić information content (AvgIpc) is 2.66. The van der Waals surface area contributed by atoms with Gasteiger partial charge in [0.1, 0.15) is 0 Å². The molecular weight excluding hydrogens is 320 g/mol. The van der Waals surface area contributed by atoms with Crippen molar-refractivity contribution in [3.8, 4) is 11.5 Å². The molecule has 0 unspecified atom stereocenters. The van der Waals surface area contributed by atoms with Crippen LogP contribution in [0.2, 0.25) is 0 Å². The predicted molar refractivity (Wildman–Crippen MR) is 94.8 cm³/mol. The molecule has 0 aliphatic carbocycles. The lowest BCUT2D eigenvalue weighted by molar-refractivity contribution is -0.121. The molecule has 0 aromatic heterocycles. The van der Waals surface area contributed by atoms with Crippen molar-refractivity contribution in [2.45, 2.75) is 13.0 Å². The van der Waals surface area contributed by atoms with Gasteiger partial charge in [0.15, 0.2) is 11.5 Å². The molecule has 0 saturated heterocycles. The van der Waals surface area contributed by atoms with Crippen molar-refractivity contribution in [3.63, 3.8) is 0 Å². The van der Waals surface area contributed by atoms with Crippen LogP contribution in [0, 0.1) is 0 Å². The Morgan fingerprint density at radius 1 is 1.00 bits per heavy atom. The Bertz CT molecular complexity index is 714. The number of nitrogens with one attached hydrogen (secondary N) is 2. The van der Waals surface area contributed by atoms with Crippen LogP contribution in [0.25, 0.3) is 0 Å². The molecule has 0 aliphatic rings. The number of carbonyl (C=O) groups is 2. The normalized spacial score (nSPS) is 10.0. The highest BCUT2D eigenvalue weighted by Crippen LogP contribution is 2.25. The second-order valence-electron chi connectivity index (χ2n) is 5.30. The Morgan fingerprint density at radius 2 is 1.68 bits per heavy atom. The van der Waals surface area contributed by atoms with Gasteiger partial charge in [0.25, 0.3) is 5.91 Å². The number of hydrogen-bond acceptors (Lipinski definition) is 4. The maximum absolute atomic E-state index is 11.9. The van der Waals surface area contributed by atoms with Crippen molar-refractivity contribution >= 4 is 11.8 Å². The first-order chi connectivity index (χ1) is 12.1. The quantitative estimate of drug-likeness (QED) is 0.771. The summed E-state index contributed by atoms with van der Waals surface area (Å²) in [5.74, 6) is 1.01. The van der Waals surface area contributed by atoms with Gasteiger partial charge in [-0.2, -0.15) is 0 Å². The Hall–Kier alpha value is -3.02. The van der Waals surface area contributed by atoms with Crippen LogP contribution in [0.4, 0.5) is 0 Å². The van der Waals surface area contributed by atoms with Gasteiger partial charge in [-0.1, -0.05) is 24.3 Å². The zero-order valence-electron chi connectivity index (χ0n) is 14.4. The van der Waals surface area contributed by atoms with Gasteiger partial charge in [-0.15, -0.1) is 0 Å². The fourth-order valence-electron chi connectivity index (χ4n) is 2.20. The minimum atomic E-state index is -0.135. The van der Waals surface area contributed by atoms with Gasteiger partial charge in [0.2, 0.25) is 5.91 Å². The highest BCUT2D eigenvalue weighted by atomic mass is 16.5. The van der Waals surface area contributed by atoms with E-state index in [2.05, 4.69) is 10.6 Å². The highest BCUT2D eigenvalue weighted by molar-refractivity contribution is 5.93. The van der Waals surface area contributed by atoms with E-state index in [-0.39, 0.29) is 24.8 Å². The Kier molecular flexibility index (Phi) is 6.83. The van der Waals surface area contributed by atoms with E-state index in [1.165, 1.54) is 0 Å². The van der Waals surface area contributed by atoms with Crippen LogP contribution < -0.4 is 20.1 Å². The Balaban J connectivity index is 1.74. The van der Waals surface area contributed by atoms with Crippen LogP contribution in [-0.2, 0) is 11.3 Å². The molecule has 2 rings (SSSR count). The lowest BCUT2D eigenvalue weighted by Crippen LogP contribution is -2.24. The zero-order valence-corrected chi connectivity index (χ0v) is 14.4. The molecule has 0 spiro atoms. The fourth-order valence-corrected chi connectivity index (χ4v) is 2.20. The van der Waals surface area contributed by atoms with Gasteiger partial charge in [0.05, 0.1) is 20.1 Å². The maximum atomic E-state index is 11.9. The van der Waals surface area contributed by atoms with Crippen LogP contribution in [0.3, 0.4) is 0 Å². The van der Waals surface area contributed by atoms with E-state index in [1.807, 2.05) is 24.3 Å². The molecule has 132 valence electrons. The highest BCUT2D eigenvalue weighted by Gasteiger charge is 2.06. The Labute approximate surface area is 147 Å². The Morgan fingerprint density at radius 3 is 2.32 bits per heavy atom. The van der Waals surface area contributed by atoms with Gasteiger partial charge in [-0.25, -0.2) is 0 Å². The first kappa shape index (κ1) is 18.3. The monoisotopic (exact) mass is 342 g/mol. The number of para-hydroxylation sites is 2. The molecule has 0 atom stereocenters. The van der Waals surface area contributed by atoms with E-state index in [4.69, 9.17) is 9.47 Å². The molecule has 2 aromatic rings. The van der Waals surface area contributed by atoms with Gasteiger partial charge in [-0.3, -0.25) is 9.59 Å². The molecule has 6 nitrogen and oxygen atoms in total. The molecule has 0 heterocycles. The molecule has 0 fully saturated rings.